The van der Waals surface area contributed by atoms with Gasteiger partial charge in [0.15, 0.2) is 0 Å². The summed E-state index contributed by atoms with van der Waals surface area (Å²) in [5.41, 5.74) is -0.193. The van der Waals surface area contributed by atoms with Crippen LogP contribution >= 0.6 is 0 Å². The second kappa shape index (κ2) is 6.98. The normalized spacial score (nSPS) is 29.7. The van der Waals surface area contributed by atoms with Crippen molar-refractivity contribution in [2.24, 2.45) is 5.92 Å². The number of urea groups is 1. The number of carbonyl (C=O) groups excluding carboxylic acids is 1. The van der Waals surface area contributed by atoms with Crippen molar-refractivity contribution in [1.29, 1.82) is 0 Å². The standard InChI is InChI=1S/C18H32N2O3/c1-17(22-2,14-6-7-14)13-19-16(21)20-15-8-11-23-18(12-15)9-4-3-5-10-18/h14-15H,3-13H2,1-2H3,(H2,19,20,21). The van der Waals surface area contributed by atoms with Gasteiger partial charge < -0.3 is 20.1 Å². The second-order valence-corrected chi connectivity index (χ2v) is 7.90. The fourth-order valence-electron chi connectivity index (χ4n) is 4.26. The molecule has 0 aromatic carbocycles. The zero-order valence-electron chi connectivity index (χ0n) is 14.7. The maximum absolute atomic E-state index is 12.3. The molecule has 3 aliphatic rings. The molecule has 0 aromatic heterocycles. The second-order valence-electron chi connectivity index (χ2n) is 7.90. The first-order chi connectivity index (χ1) is 11.1. The number of nitrogens with one attached hydrogen (secondary N) is 2. The van der Waals surface area contributed by atoms with Gasteiger partial charge in [-0.2, -0.15) is 0 Å². The Bertz CT molecular complexity index is 413. The summed E-state index contributed by atoms with van der Waals surface area (Å²) in [5.74, 6) is 0.585. The maximum Gasteiger partial charge on any atom is 0.315 e. The predicted octanol–water partition coefficient (Wildman–Crippen LogP) is 2.98. The van der Waals surface area contributed by atoms with E-state index in [0.717, 1.165) is 32.3 Å². The largest absolute Gasteiger partial charge is 0.376 e. The van der Waals surface area contributed by atoms with Crippen LogP contribution in [0.5, 0.6) is 0 Å². The number of hydrogen-bond acceptors (Lipinski definition) is 3. The summed E-state index contributed by atoms with van der Waals surface area (Å²) in [6.07, 6.45) is 10.4. The summed E-state index contributed by atoms with van der Waals surface area (Å²) in [6.45, 7) is 3.44. The lowest BCUT2D eigenvalue weighted by Crippen LogP contribution is -2.53. The highest BCUT2D eigenvalue weighted by Crippen LogP contribution is 2.41. The Balaban J connectivity index is 1.45. The van der Waals surface area contributed by atoms with E-state index in [1.54, 1.807) is 7.11 Å². The first kappa shape index (κ1) is 17.0. The fraction of sp³-hybridized carbons (Fsp3) is 0.944. The molecule has 23 heavy (non-hydrogen) atoms. The Kier molecular flexibility index (Phi) is 5.16. The van der Waals surface area contributed by atoms with Crippen LogP contribution in [0, 0.1) is 5.92 Å². The van der Waals surface area contributed by atoms with Crippen LogP contribution in [0.4, 0.5) is 4.79 Å². The van der Waals surface area contributed by atoms with Gasteiger partial charge in [0.25, 0.3) is 0 Å². The van der Waals surface area contributed by atoms with Crippen LogP contribution in [-0.2, 0) is 9.47 Å². The van der Waals surface area contributed by atoms with Crippen molar-refractivity contribution < 1.29 is 14.3 Å². The highest BCUT2D eigenvalue weighted by Gasteiger charge is 2.42. The van der Waals surface area contributed by atoms with E-state index >= 15 is 0 Å². The quantitative estimate of drug-likeness (QED) is 0.817. The van der Waals surface area contributed by atoms with Gasteiger partial charge >= 0.3 is 6.03 Å². The average Bonchev–Trinajstić information content (AvgIpc) is 3.39. The number of amides is 2. The van der Waals surface area contributed by atoms with E-state index in [-0.39, 0.29) is 23.3 Å². The van der Waals surface area contributed by atoms with Gasteiger partial charge in [0.1, 0.15) is 0 Å². The Morgan fingerprint density at radius 3 is 2.65 bits per heavy atom. The highest BCUT2D eigenvalue weighted by molar-refractivity contribution is 5.74. The van der Waals surface area contributed by atoms with Gasteiger partial charge in [-0.15, -0.1) is 0 Å². The van der Waals surface area contributed by atoms with Gasteiger partial charge in [-0.3, -0.25) is 0 Å². The molecule has 2 N–H and O–H groups in total. The monoisotopic (exact) mass is 324 g/mol. The van der Waals surface area contributed by atoms with E-state index in [2.05, 4.69) is 17.6 Å². The molecule has 1 spiro atoms. The SMILES string of the molecule is COC(C)(CNC(=O)NC1CCOC2(CCCCC2)C1)C1CC1. The van der Waals surface area contributed by atoms with Crippen LogP contribution in [0.25, 0.3) is 0 Å². The lowest BCUT2D eigenvalue weighted by molar-refractivity contribution is -0.107. The van der Waals surface area contributed by atoms with Crippen LogP contribution in [0.1, 0.15) is 64.7 Å². The first-order valence-corrected chi connectivity index (χ1v) is 9.29. The third-order valence-corrected chi connectivity index (χ3v) is 6.10. The minimum atomic E-state index is -0.225. The molecular weight excluding hydrogens is 292 g/mol. The van der Waals surface area contributed by atoms with Crippen molar-refractivity contribution in [3.63, 3.8) is 0 Å². The molecule has 1 saturated heterocycles. The Morgan fingerprint density at radius 1 is 1.26 bits per heavy atom. The van der Waals surface area contributed by atoms with Crippen molar-refractivity contribution in [3.8, 4) is 0 Å². The van der Waals surface area contributed by atoms with Gasteiger partial charge in [-0.05, 0) is 51.4 Å². The molecular formula is C18H32N2O3. The molecule has 1 heterocycles. The van der Waals surface area contributed by atoms with E-state index < -0.39 is 0 Å². The summed E-state index contributed by atoms with van der Waals surface area (Å²) in [4.78, 5) is 12.3. The van der Waals surface area contributed by atoms with Crippen molar-refractivity contribution >= 4 is 6.03 Å². The molecule has 2 unspecified atom stereocenters. The molecule has 5 nitrogen and oxygen atoms in total. The van der Waals surface area contributed by atoms with Crippen LogP contribution < -0.4 is 10.6 Å². The summed E-state index contributed by atoms with van der Waals surface area (Å²) in [5, 5.41) is 6.18. The predicted molar refractivity (Wildman–Crippen MR) is 89.5 cm³/mol. The molecule has 0 bridgehead atoms. The maximum atomic E-state index is 12.3. The molecule has 2 amide bonds. The molecule has 1 aliphatic heterocycles. The number of ether oxygens (including phenoxy) is 2. The number of hydrogen-bond donors (Lipinski definition) is 2. The van der Waals surface area contributed by atoms with Crippen LogP contribution in [-0.4, -0.2) is 43.5 Å². The van der Waals surface area contributed by atoms with Crippen LogP contribution in [0.3, 0.4) is 0 Å². The van der Waals surface area contributed by atoms with E-state index in [0.29, 0.717) is 12.5 Å². The fourth-order valence-corrected chi connectivity index (χ4v) is 4.26. The third-order valence-electron chi connectivity index (χ3n) is 6.10. The van der Waals surface area contributed by atoms with Crippen molar-refractivity contribution in [2.75, 3.05) is 20.3 Å². The molecule has 132 valence electrons. The molecule has 3 rings (SSSR count). The minimum Gasteiger partial charge on any atom is -0.376 e. The average molecular weight is 324 g/mol. The Labute approximate surface area is 139 Å². The molecule has 0 radical (unpaired) electrons. The molecule has 2 atom stereocenters. The van der Waals surface area contributed by atoms with Gasteiger partial charge in [-0.25, -0.2) is 4.79 Å². The number of carbonyl (C=O) groups is 1. The first-order valence-electron chi connectivity index (χ1n) is 9.29. The number of rotatable bonds is 5. The topological polar surface area (TPSA) is 59.6 Å². The van der Waals surface area contributed by atoms with Gasteiger partial charge in [0, 0.05) is 26.3 Å². The van der Waals surface area contributed by atoms with Gasteiger partial charge in [0.2, 0.25) is 0 Å². The minimum absolute atomic E-state index is 0.0313. The lowest BCUT2D eigenvalue weighted by Gasteiger charge is -2.43. The molecule has 5 heteroatoms. The Hall–Kier alpha value is -0.810. The van der Waals surface area contributed by atoms with E-state index in [1.807, 2.05) is 0 Å². The number of methoxy groups -OCH3 is 1. The zero-order chi connectivity index (χ0) is 16.3. The highest BCUT2D eigenvalue weighted by atomic mass is 16.5. The van der Waals surface area contributed by atoms with Gasteiger partial charge in [0.05, 0.1) is 11.2 Å². The smallest absolute Gasteiger partial charge is 0.315 e. The molecule has 2 saturated carbocycles. The van der Waals surface area contributed by atoms with E-state index in [4.69, 9.17) is 9.47 Å². The summed E-state index contributed by atoms with van der Waals surface area (Å²) >= 11 is 0. The van der Waals surface area contributed by atoms with Crippen LogP contribution in [0.2, 0.25) is 0 Å². The summed E-state index contributed by atoms with van der Waals surface area (Å²) in [7, 11) is 1.74. The molecule has 2 aliphatic carbocycles. The summed E-state index contributed by atoms with van der Waals surface area (Å²) < 4.78 is 11.7. The Morgan fingerprint density at radius 2 is 2.00 bits per heavy atom. The van der Waals surface area contributed by atoms with Crippen molar-refractivity contribution in [2.45, 2.75) is 82.0 Å². The van der Waals surface area contributed by atoms with Crippen molar-refractivity contribution in [3.05, 3.63) is 0 Å². The zero-order valence-corrected chi connectivity index (χ0v) is 14.7. The third kappa shape index (κ3) is 4.18. The molecule has 0 aromatic rings. The van der Waals surface area contributed by atoms with Gasteiger partial charge in [-0.1, -0.05) is 19.3 Å². The van der Waals surface area contributed by atoms with Crippen LogP contribution in [0.15, 0.2) is 0 Å². The van der Waals surface area contributed by atoms with Crippen molar-refractivity contribution in [1.82, 2.24) is 10.6 Å². The summed E-state index contributed by atoms with van der Waals surface area (Å²) in [6, 6.07) is 0.170. The molecule has 3 fully saturated rings. The van der Waals surface area contributed by atoms with E-state index in [9.17, 15) is 4.79 Å². The lowest BCUT2D eigenvalue weighted by atomic mass is 9.78. The van der Waals surface area contributed by atoms with E-state index in [1.165, 1.54) is 32.1 Å².